The van der Waals surface area contributed by atoms with Gasteiger partial charge in [-0.25, -0.2) is 0 Å². The van der Waals surface area contributed by atoms with Crippen molar-refractivity contribution in [2.75, 3.05) is 0 Å². The molecule has 0 aromatic carbocycles. The fourth-order valence-corrected chi connectivity index (χ4v) is 3.66. The quantitative estimate of drug-likeness (QED) is 0.249. The highest BCUT2D eigenvalue weighted by Crippen LogP contribution is 2.34. The van der Waals surface area contributed by atoms with E-state index in [2.05, 4.69) is 34.6 Å². The first-order valence-corrected chi connectivity index (χ1v) is 10.0. The molecule has 0 amide bonds. The molecule has 0 spiro atoms. The van der Waals surface area contributed by atoms with Gasteiger partial charge in [-0.15, -0.1) is 0 Å². The van der Waals surface area contributed by atoms with Crippen molar-refractivity contribution in [1.29, 1.82) is 0 Å². The second-order valence-corrected chi connectivity index (χ2v) is 7.91. The molecule has 20 heavy (non-hydrogen) atoms. The van der Waals surface area contributed by atoms with Crippen molar-refractivity contribution in [1.82, 2.24) is 0 Å². The Kier molecular flexibility index (Phi) is 14.6. The summed E-state index contributed by atoms with van der Waals surface area (Å²) in [6.07, 6.45) is 14.4. The molecule has 122 valence electrons. The largest absolute Gasteiger partial charge is 0.360 e. The molecule has 0 aliphatic heterocycles. The average molecular weight is 302 g/mol. The standard InChI is InChI=1S/C18H39OP/c1-6-8-10-12-14-18(15-13-11-9-7-2)17(5)20-19-16(3)4/h16-18,20H,6-15H2,1-5H3. The molecule has 0 heterocycles. The molecule has 0 aromatic rings. The molecule has 1 nitrogen and oxygen atoms in total. The molecule has 0 aliphatic rings. The smallest absolute Gasteiger partial charge is 0.0558 e. The lowest BCUT2D eigenvalue weighted by Gasteiger charge is -2.24. The van der Waals surface area contributed by atoms with Gasteiger partial charge in [-0.3, -0.25) is 0 Å². The van der Waals surface area contributed by atoms with E-state index >= 15 is 0 Å². The number of unbranched alkanes of at least 4 members (excludes halogenated alkanes) is 6. The van der Waals surface area contributed by atoms with Crippen molar-refractivity contribution in [3.63, 3.8) is 0 Å². The summed E-state index contributed by atoms with van der Waals surface area (Å²) in [5.41, 5.74) is 0.751. The van der Waals surface area contributed by atoms with E-state index in [1.165, 1.54) is 64.2 Å². The SMILES string of the molecule is CCCCCCC(CCCCCC)C(C)POC(C)C. The molecule has 0 aliphatic carbocycles. The molecule has 0 bridgehead atoms. The van der Waals surface area contributed by atoms with E-state index in [-0.39, 0.29) is 0 Å². The van der Waals surface area contributed by atoms with Gasteiger partial charge in [-0.05, 0) is 32.6 Å². The highest BCUT2D eigenvalue weighted by atomic mass is 31.1. The Bertz CT molecular complexity index is 182. The lowest BCUT2D eigenvalue weighted by atomic mass is 9.92. The van der Waals surface area contributed by atoms with E-state index in [0.717, 1.165) is 11.6 Å². The molecule has 2 heteroatoms. The highest BCUT2D eigenvalue weighted by molar-refractivity contribution is 7.33. The van der Waals surface area contributed by atoms with Gasteiger partial charge < -0.3 is 4.52 Å². The Balaban J connectivity index is 4.00. The zero-order valence-corrected chi connectivity index (χ0v) is 15.7. The van der Waals surface area contributed by atoms with Crippen LogP contribution in [0.25, 0.3) is 0 Å². The zero-order valence-electron chi connectivity index (χ0n) is 14.7. The van der Waals surface area contributed by atoms with Crippen LogP contribution >= 0.6 is 8.81 Å². The molecule has 2 unspecified atom stereocenters. The molecule has 0 aromatic heterocycles. The van der Waals surface area contributed by atoms with Crippen molar-refractivity contribution in [3.8, 4) is 0 Å². The molecular weight excluding hydrogens is 263 g/mol. The average Bonchev–Trinajstić information content (AvgIpc) is 2.43. The van der Waals surface area contributed by atoms with Gasteiger partial charge in [0.25, 0.3) is 0 Å². The number of rotatable bonds is 14. The van der Waals surface area contributed by atoms with Crippen molar-refractivity contribution in [2.45, 2.75) is 111 Å². The fraction of sp³-hybridized carbons (Fsp3) is 1.00. The van der Waals surface area contributed by atoms with Crippen molar-refractivity contribution >= 4 is 8.81 Å². The maximum atomic E-state index is 5.87. The first-order valence-electron chi connectivity index (χ1n) is 9.02. The second-order valence-electron chi connectivity index (χ2n) is 6.53. The van der Waals surface area contributed by atoms with Gasteiger partial charge in [0, 0.05) is 14.5 Å². The lowest BCUT2D eigenvalue weighted by Crippen LogP contribution is -2.14. The van der Waals surface area contributed by atoms with E-state index in [1.54, 1.807) is 0 Å². The molecular formula is C18H39OP. The van der Waals surface area contributed by atoms with Crippen LogP contribution in [0.2, 0.25) is 0 Å². The molecule has 0 N–H and O–H groups in total. The maximum Gasteiger partial charge on any atom is 0.0558 e. The summed E-state index contributed by atoms with van der Waals surface area (Å²) in [4.78, 5) is 0. The third-order valence-corrected chi connectivity index (χ3v) is 5.50. The van der Waals surface area contributed by atoms with Gasteiger partial charge in [0.05, 0.1) is 6.10 Å². The van der Waals surface area contributed by atoms with E-state index in [9.17, 15) is 0 Å². The van der Waals surface area contributed by atoms with Crippen molar-refractivity contribution in [2.24, 2.45) is 5.92 Å². The van der Waals surface area contributed by atoms with Crippen LogP contribution in [0.5, 0.6) is 0 Å². The zero-order chi connectivity index (χ0) is 15.2. The molecule has 0 saturated carbocycles. The summed E-state index contributed by atoms with van der Waals surface area (Å²) in [7, 11) is 0.691. The second kappa shape index (κ2) is 14.3. The van der Waals surface area contributed by atoms with E-state index in [0.29, 0.717) is 14.9 Å². The van der Waals surface area contributed by atoms with Gasteiger partial charge in [0.1, 0.15) is 0 Å². The van der Waals surface area contributed by atoms with Crippen LogP contribution in [0, 0.1) is 5.92 Å². The number of hydrogen-bond donors (Lipinski definition) is 0. The van der Waals surface area contributed by atoms with Crippen LogP contribution in [0.15, 0.2) is 0 Å². The van der Waals surface area contributed by atoms with E-state index < -0.39 is 0 Å². The molecule has 2 atom stereocenters. The van der Waals surface area contributed by atoms with Gasteiger partial charge in [0.15, 0.2) is 0 Å². The maximum absolute atomic E-state index is 5.87. The Morgan fingerprint density at radius 1 is 0.750 bits per heavy atom. The van der Waals surface area contributed by atoms with Gasteiger partial charge in [-0.2, -0.15) is 0 Å². The number of hydrogen-bond acceptors (Lipinski definition) is 1. The minimum atomic E-state index is 0.386. The highest BCUT2D eigenvalue weighted by Gasteiger charge is 2.17. The lowest BCUT2D eigenvalue weighted by molar-refractivity contribution is 0.269. The summed E-state index contributed by atoms with van der Waals surface area (Å²) in [6.45, 7) is 11.3. The predicted molar refractivity (Wildman–Crippen MR) is 95.0 cm³/mol. The Hall–Kier alpha value is 0.390. The fourth-order valence-electron chi connectivity index (χ4n) is 2.65. The first-order chi connectivity index (χ1) is 9.61. The minimum Gasteiger partial charge on any atom is -0.360 e. The Labute approximate surface area is 130 Å². The van der Waals surface area contributed by atoms with Crippen LogP contribution in [0.4, 0.5) is 0 Å². The normalized spacial score (nSPS) is 13.9. The molecule has 0 fully saturated rings. The minimum absolute atomic E-state index is 0.386. The predicted octanol–water partition coefficient (Wildman–Crippen LogP) is 6.95. The van der Waals surface area contributed by atoms with Crippen LogP contribution < -0.4 is 0 Å². The van der Waals surface area contributed by atoms with Crippen LogP contribution in [0.3, 0.4) is 0 Å². The van der Waals surface area contributed by atoms with Crippen LogP contribution in [-0.4, -0.2) is 11.8 Å². The van der Waals surface area contributed by atoms with Crippen molar-refractivity contribution in [3.05, 3.63) is 0 Å². The summed E-state index contributed by atoms with van der Waals surface area (Å²) in [5, 5.41) is 0. The molecule has 0 radical (unpaired) electrons. The van der Waals surface area contributed by atoms with E-state index in [4.69, 9.17) is 4.52 Å². The summed E-state index contributed by atoms with van der Waals surface area (Å²) in [5.74, 6) is 0.890. The molecule has 0 saturated heterocycles. The third-order valence-electron chi connectivity index (χ3n) is 4.05. The van der Waals surface area contributed by atoms with Gasteiger partial charge in [-0.1, -0.05) is 72.1 Å². The van der Waals surface area contributed by atoms with E-state index in [1.807, 2.05) is 0 Å². The molecule has 0 rings (SSSR count). The Morgan fingerprint density at radius 2 is 1.25 bits per heavy atom. The van der Waals surface area contributed by atoms with Gasteiger partial charge >= 0.3 is 0 Å². The summed E-state index contributed by atoms with van der Waals surface area (Å²) >= 11 is 0. The van der Waals surface area contributed by atoms with Gasteiger partial charge in [0.2, 0.25) is 0 Å². The topological polar surface area (TPSA) is 9.23 Å². The van der Waals surface area contributed by atoms with Crippen LogP contribution in [-0.2, 0) is 4.52 Å². The van der Waals surface area contributed by atoms with Crippen LogP contribution in [0.1, 0.15) is 98.8 Å². The monoisotopic (exact) mass is 302 g/mol. The summed E-state index contributed by atoms with van der Waals surface area (Å²) < 4.78 is 5.87. The Morgan fingerprint density at radius 3 is 1.65 bits per heavy atom. The summed E-state index contributed by atoms with van der Waals surface area (Å²) in [6, 6.07) is 0. The first kappa shape index (κ1) is 20.4. The third kappa shape index (κ3) is 12.2. The van der Waals surface area contributed by atoms with Crippen molar-refractivity contribution < 1.29 is 4.52 Å².